The lowest BCUT2D eigenvalue weighted by Gasteiger charge is -2.29. The van der Waals surface area contributed by atoms with Crippen LogP contribution in [0.3, 0.4) is 0 Å². The lowest BCUT2D eigenvalue weighted by atomic mass is 9.95. The van der Waals surface area contributed by atoms with E-state index in [1.165, 1.54) is 0 Å². The third-order valence-corrected chi connectivity index (χ3v) is 12.3. The van der Waals surface area contributed by atoms with Crippen molar-refractivity contribution >= 4 is 60.9 Å². The molecule has 12 aromatic rings. The van der Waals surface area contributed by atoms with Gasteiger partial charge in [0.25, 0.3) is 0 Å². The number of benzene rings is 10. The Morgan fingerprint density at radius 2 is 0.698 bits per heavy atom. The fraction of sp³-hybridized carbons (Fsp3) is 0. The van der Waals surface area contributed by atoms with E-state index in [0.29, 0.717) is 0 Å². The second-order valence-electron chi connectivity index (χ2n) is 16.0. The largest absolute Gasteiger partial charge is 0.456 e. The zero-order valence-electron chi connectivity index (χ0n) is 34.3. The van der Waals surface area contributed by atoms with Crippen molar-refractivity contribution in [2.45, 2.75) is 0 Å². The first-order chi connectivity index (χ1) is 31.2. The summed E-state index contributed by atoms with van der Waals surface area (Å²) >= 11 is 0. The molecule has 0 bridgehead atoms. The number of nitrogens with zero attached hydrogens (tertiary/aromatic N) is 1. The SMILES string of the molecule is c1ccc(-c2ccc(N(c3ccc4c(c3)oc3cc(-c5ccccc5)ccc34)c3ccc(-c4ccccc4)c4oc5cc(-c6ccccc6)ccc5c34)c(-c3ccccc3)c2)cc1. The number of hydrogen-bond donors (Lipinski definition) is 0. The normalized spacial score (nSPS) is 11.5. The van der Waals surface area contributed by atoms with Crippen molar-refractivity contribution in [1.29, 1.82) is 0 Å². The summed E-state index contributed by atoms with van der Waals surface area (Å²) in [4.78, 5) is 2.40. The highest BCUT2D eigenvalue weighted by Crippen LogP contribution is 2.50. The van der Waals surface area contributed by atoms with Gasteiger partial charge in [-0.05, 0) is 105 Å². The van der Waals surface area contributed by atoms with Crippen LogP contribution in [-0.4, -0.2) is 0 Å². The first-order valence-electron chi connectivity index (χ1n) is 21.4. The van der Waals surface area contributed by atoms with Crippen LogP contribution in [0.2, 0.25) is 0 Å². The molecule has 2 heterocycles. The molecule has 0 N–H and O–H groups in total. The average molecular weight is 806 g/mol. The second-order valence-corrected chi connectivity index (χ2v) is 16.0. The quantitative estimate of drug-likeness (QED) is 0.153. The summed E-state index contributed by atoms with van der Waals surface area (Å²) in [7, 11) is 0. The molecule has 0 atom stereocenters. The maximum Gasteiger partial charge on any atom is 0.145 e. The van der Waals surface area contributed by atoms with Gasteiger partial charge in [-0.15, -0.1) is 0 Å². The first kappa shape index (κ1) is 36.5. The van der Waals surface area contributed by atoms with Crippen LogP contribution in [0.1, 0.15) is 0 Å². The van der Waals surface area contributed by atoms with Crippen LogP contribution >= 0.6 is 0 Å². The molecule has 0 fully saturated rings. The molecule has 0 amide bonds. The zero-order valence-corrected chi connectivity index (χ0v) is 34.3. The standard InChI is InChI=1S/C60H39NO2/c1-6-16-40(17-7-1)45-28-34-54(53(36-45)44-24-14-5-15-25-44)61(48-29-32-51-50-30-26-46(41-18-8-2-9-19-41)37-56(50)62-58(51)39-48)55-35-33-49(43-22-12-4-13-23-43)60-59(55)52-31-27-47(38-57(52)63-60)42-20-10-3-11-21-42/h1-39H. The lowest BCUT2D eigenvalue weighted by Crippen LogP contribution is -2.12. The van der Waals surface area contributed by atoms with Gasteiger partial charge < -0.3 is 13.7 Å². The lowest BCUT2D eigenvalue weighted by molar-refractivity contribution is 0.669. The average Bonchev–Trinajstić information content (AvgIpc) is 3.93. The molecule has 0 aliphatic heterocycles. The van der Waals surface area contributed by atoms with E-state index in [9.17, 15) is 0 Å². The molecule has 3 heteroatoms. The Morgan fingerprint density at radius 1 is 0.270 bits per heavy atom. The molecule has 0 spiro atoms. The van der Waals surface area contributed by atoms with E-state index >= 15 is 0 Å². The van der Waals surface area contributed by atoms with Crippen LogP contribution in [0.15, 0.2) is 245 Å². The molecule has 12 rings (SSSR count). The third-order valence-electron chi connectivity index (χ3n) is 12.3. The Morgan fingerprint density at radius 3 is 1.27 bits per heavy atom. The molecular weight excluding hydrogens is 767 g/mol. The van der Waals surface area contributed by atoms with Crippen LogP contribution in [0, 0.1) is 0 Å². The van der Waals surface area contributed by atoms with Gasteiger partial charge in [0.05, 0.1) is 16.8 Å². The molecule has 0 aliphatic rings. The summed E-state index contributed by atoms with van der Waals surface area (Å²) in [5.41, 5.74) is 17.6. The molecule has 2 aromatic heterocycles. The maximum absolute atomic E-state index is 7.07. The molecule has 3 nitrogen and oxygen atoms in total. The van der Waals surface area contributed by atoms with E-state index < -0.39 is 0 Å². The highest BCUT2D eigenvalue weighted by molar-refractivity contribution is 6.18. The summed E-state index contributed by atoms with van der Waals surface area (Å²) in [5, 5.41) is 4.24. The van der Waals surface area contributed by atoms with E-state index in [4.69, 9.17) is 8.83 Å². The van der Waals surface area contributed by atoms with Crippen molar-refractivity contribution in [1.82, 2.24) is 0 Å². The summed E-state index contributed by atoms with van der Waals surface area (Å²) in [6.45, 7) is 0. The topological polar surface area (TPSA) is 29.5 Å². The molecule has 296 valence electrons. The smallest absolute Gasteiger partial charge is 0.145 e. The van der Waals surface area contributed by atoms with E-state index in [2.05, 4.69) is 235 Å². The molecule has 10 aromatic carbocycles. The number of fused-ring (bicyclic) bond motifs is 6. The summed E-state index contributed by atoms with van der Waals surface area (Å²) < 4.78 is 13.9. The van der Waals surface area contributed by atoms with Crippen molar-refractivity contribution in [3.63, 3.8) is 0 Å². The van der Waals surface area contributed by atoms with E-state index in [1.807, 2.05) is 6.07 Å². The Labute approximate surface area is 365 Å². The minimum atomic E-state index is 0.821. The number of rotatable bonds is 8. The van der Waals surface area contributed by atoms with Crippen LogP contribution in [0.25, 0.3) is 99.5 Å². The highest BCUT2D eigenvalue weighted by atomic mass is 16.3. The third kappa shape index (κ3) is 6.46. The minimum Gasteiger partial charge on any atom is -0.456 e. The first-order valence-corrected chi connectivity index (χ1v) is 21.4. The highest BCUT2D eigenvalue weighted by Gasteiger charge is 2.26. The predicted octanol–water partition coefficient (Wildman–Crippen LogP) is 17.3. The molecule has 63 heavy (non-hydrogen) atoms. The van der Waals surface area contributed by atoms with Gasteiger partial charge in [-0.1, -0.05) is 170 Å². The van der Waals surface area contributed by atoms with Crippen molar-refractivity contribution in [2.24, 2.45) is 0 Å². The predicted molar refractivity (Wildman–Crippen MR) is 263 cm³/mol. The van der Waals surface area contributed by atoms with Crippen LogP contribution in [-0.2, 0) is 0 Å². The van der Waals surface area contributed by atoms with Crippen molar-refractivity contribution < 1.29 is 8.83 Å². The fourth-order valence-corrected chi connectivity index (χ4v) is 9.22. The maximum atomic E-state index is 7.07. The summed E-state index contributed by atoms with van der Waals surface area (Å²) in [6, 6.07) is 83.9. The van der Waals surface area contributed by atoms with Gasteiger partial charge in [-0.3, -0.25) is 0 Å². The second kappa shape index (κ2) is 15.3. The van der Waals surface area contributed by atoms with Crippen LogP contribution in [0.4, 0.5) is 17.1 Å². The number of hydrogen-bond acceptors (Lipinski definition) is 3. The molecule has 0 saturated carbocycles. The van der Waals surface area contributed by atoms with Crippen molar-refractivity contribution in [2.75, 3.05) is 4.90 Å². The molecular formula is C60H39NO2. The number of furan rings is 2. The molecule has 0 aliphatic carbocycles. The van der Waals surface area contributed by atoms with Gasteiger partial charge in [0, 0.05) is 39.0 Å². The number of anilines is 3. The monoisotopic (exact) mass is 805 g/mol. The van der Waals surface area contributed by atoms with Crippen LogP contribution < -0.4 is 4.90 Å². The van der Waals surface area contributed by atoms with Crippen molar-refractivity contribution in [3.8, 4) is 55.6 Å². The van der Waals surface area contributed by atoms with Gasteiger partial charge in [0.15, 0.2) is 0 Å². The fourth-order valence-electron chi connectivity index (χ4n) is 9.22. The van der Waals surface area contributed by atoms with Gasteiger partial charge in [0.1, 0.15) is 22.3 Å². The molecule has 0 radical (unpaired) electrons. The molecule has 0 saturated heterocycles. The summed E-state index contributed by atoms with van der Waals surface area (Å²) in [5.74, 6) is 0. The summed E-state index contributed by atoms with van der Waals surface area (Å²) in [6.07, 6.45) is 0. The zero-order chi connectivity index (χ0) is 41.7. The van der Waals surface area contributed by atoms with Gasteiger partial charge in [0.2, 0.25) is 0 Å². The van der Waals surface area contributed by atoms with E-state index in [1.54, 1.807) is 0 Å². The van der Waals surface area contributed by atoms with Crippen molar-refractivity contribution in [3.05, 3.63) is 237 Å². The Hall–Kier alpha value is -8.40. The Balaban J connectivity index is 1.14. The van der Waals surface area contributed by atoms with Crippen LogP contribution in [0.5, 0.6) is 0 Å². The van der Waals surface area contributed by atoms with Gasteiger partial charge in [-0.2, -0.15) is 0 Å². The van der Waals surface area contributed by atoms with E-state index in [0.717, 1.165) is 117 Å². The van der Waals surface area contributed by atoms with E-state index in [-0.39, 0.29) is 0 Å². The minimum absolute atomic E-state index is 0.821. The Bertz CT molecular complexity index is 3590. The van der Waals surface area contributed by atoms with Gasteiger partial charge in [-0.25, -0.2) is 0 Å². The Kier molecular flexibility index (Phi) is 8.83. The van der Waals surface area contributed by atoms with Gasteiger partial charge >= 0.3 is 0 Å². The molecule has 0 unspecified atom stereocenters.